The maximum Gasteiger partial charge on any atom is -0.0285 e. The molecular weight excluding hydrogens is 168 g/mol. The third-order valence-corrected chi connectivity index (χ3v) is 2.97. The van der Waals surface area contributed by atoms with Crippen LogP contribution in [0.3, 0.4) is 0 Å². The van der Waals surface area contributed by atoms with Gasteiger partial charge in [0.1, 0.15) is 0 Å². The van der Waals surface area contributed by atoms with Gasteiger partial charge in [-0.1, -0.05) is 62.8 Å². The minimum absolute atomic E-state index is 1.20. The molecule has 1 aliphatic rings. The van der Waals surface area contributed by atoms with Gasteiger partial charge in [-0.25, -0.2) is 0 Å². The van der Waals surface area contributed by atoms with Crippen LogP contribution in [0, 0.1) is 0 Å². The Morgan fingerprint density at radius 2 is 1.36 bits per heavy atom. The Labute approximate surface area is 89.1 Å². The van der Waals surface area contributed by atoms with E-state index in [-0.39, 0.29) is 0 Å². The minimum Gasteiger partial charge on any atom is -0.0958 e. The molecule has 0 aromatic rings. The van der Waals surface area contributed by atoms with Gasteiger partial charge in [-0.15, -0.1) is 0 Å². The van der Waals surface area contributed by atoms with E-state index in [1.807, 2.05) is 0 Å². The number of rotatable bonds is 0. The van der Waals surface area contributed by atoms with Crippen molar-refractivity contribution in [1.82, 2.24) is 0 Å². The maximum absolute atomic E-state index is 4.08. The van der Waals surface area contributed by atoms with Crippen LogP contribution in [-0.4, -0.2) is 0 Å². The fourth-order valence-corrected chi connectivity index (χ4v) is 2.01. The standard InChI is InChI=1S/C14H24/c1-14-12-10-8-6-4-2-3-5-7-9-11-13-14/h10,12H,1-9,11,13H2/b12-10+. The van der Waals surface area contributed by atoms with Crippen LogP contribution in [0.25, 0.3) is 0 Å². The second kappa shape index (κ2) is 7.84. The molecule has 0 aromatic carbocycles. The fourth-order valence-electron chi connectivity index (χ4n) is 2.01. The quantitative estimate of drug-likeness (QED) is 0.506. The van der Waals surface area contributed by atoms with Crippen molar-refractivity contribution in [2.75, 3.05) is 0 Å². The first-order valence-electron chi connectivity index (χ1n) is 6.24. The number of hydrogen-bond acceptors (Lipinski definition) is 0. The molecule has 80 valence electrons. The Kier molecular flexibility index (Phi) is 6.47. The topological polar surface area (TPSA) is 0 Å². The van der Waals surface area contributed by atoms with Gasteiger partial charge in [0.2, 0.25) is 0 Å². The van der Waals surface area contributed by atoms with E-state index in [9.17, 15) is 0 Å². The van der Waals surface area contributed by atoms with Crippen LogP contribution in [0.5, 0.6) is 0 Å². The van der Waals surface area contributed by atoms with Crippen molar-refractivity contribution < 1.29 is 0 Å². The van der Waals surface area contributed by atoms with Crippen LogP contribution in [0.1, 0.15) is 64.2 Å². The lowest BCUT2D eigenvalue weighted by atomic mass is 10.1. The average molecular weight is 192 g/mol. The van der Waals surface area contributed by atoms with Crippen molar-refractivity contribution in [3.05, 3.63) is 24.3 Å². The highest BCUT2D eigenvalue weighted by molar-refractivity contribution is 5.13. The highest BCUT2D eigenvalue weighted by atomic mass is 14.0. The predicted molar refractivity (Wildman–Crippen MR) is 64.5 cm³/mol. The van der Waals surface area contributed by atoms with Gasteiger partial charge in [-0.3, -0.25) is 0 Å². The summed E-state index contributed by atoms with van der Waals surface area (Å²) in [6.45, 7) is 4.08. The van der Waals surface area contributed by atoms with Crippen molar-refractivity contribution in [3.63, 3.8) is 0 Å². The van der Waals surface area contributed by atoms with Gasteiger partial charge >= 0.3 is 0 Å². The first kappa shape index (κ1) is 11.6. The Balaban J connectivity index is 2.24. The molecule has 0 unspecified atom stereocenters. The van der Waals surface area contributed by atoms with Crippen molar-refractivity contribution in [2.45, 2.75) is 64.2 Å². The number of allylic oxidation sites excluding steroid dienone is 3. The van der Waals surface area contributed by atoms with Gasteiger partial charge in [-0.2, -0.15) is 0 Å². The van der Waals surface area contributed by atoms with Crippen LogP contribution in [-0.2, 0) is 0 Å². The van der Waals surface area contributed by atoms with Crippen LogP contribution >= 0.6 is 0 Å². The lowest BCUT2D eigenvalue weighted by Gasteiger charge is -2.01. The van der Waals surface area contributed by atoms with Crippen LogP contribution in [0.15, 0.2) is 24.3 Å². The molecule has 0 saturated heterocycles. The van der Waals surface area contributed by atoms with Crippen LogP contribution in [0.4, 0.5) is 0 Å². The summed E-state index contributed by atoms with van der Waals surface area (Å²) in [6.07, 6.45) is 18.3. The van der Waals surface area contributed by atoms with Gasteiger partial charge in [0.05, 0.1) is 0 Å². The molecule has 1 aliphatic carbocycles. The van der Waals surface area contributed by atoms with E-state index in [1.165, 1.54) is 69.8 Å². The molecule has 0 nitrogen and oxygen atoms in total. The van der Waals surface area contributed by atoms with Gasteiger partial charge < -0.3 is 0 Å². The van der Waals surface area contributed by atoms with Crippen molar-refractivity contribution in [1.29, 1.82) is 0 Å². The summed E-state index contributed by atoms with van der Waals surface area (Å²) in [7, 11) is 0. The Morgan fingerprint density at radius 1 is 0.786 bits per heavy atom. The zero-order valence-corrected chi connectivity index (χ0v) is 9.43. The summed E-state index contributed by atoms with van der Waals surface area (Å²) in [6, 6.07) is 0. The molecule has 0 radical (unpaired) electrons. The zero-order valence-electron chi connectivity index (χ0n) is 9.43. The molecule has 0 heterocycles. The lowest BCUT2D eigenvalue weighted by molar-refractivity contribution is 0.571. The highest BCUT2D eigenvalue weighted by Gasteiger charge is 1.95. The summed E-state index contributed by atoms with van der Waals surface area (Å²) >= 11 is 0. The highest BCUT2D eigenvalue weighted by Crippen LogP contribution is 2.14. The van der Waals surface area contributed by atoms with E-state index in [2.05, 4.69) is 18.7 Å². The molecule has 0 bridgehead atoms. The molecular formula is C14H24. The molecule has 0 aliphatic heterocycles. The third kappa shape index (κ3) is 6.01. The molecule has 0 atom stereocenters. The van der Waals surface area contributed by atoms with E-state index in [1.54, 1.807) is 0 Å². The Bertz CT molecular complexity index is 176. The number of hydrogen-bond donors (Lipinski definition) is 0. The molecule has 0 heteroatoms. The monoisotopic (exact) mass is 192 g/mol. The van der Waals surface area contributed by atoms with Crippen molar-refractivity contribution in [3.8, 4) is 0 Å². The molecule has 0 saturated carbocycles. The van der Waals surface area contributed by atoms with Gasteiger partial charge in [0.15, 0.2) is 0 Å². The molecule has 0 N–H and O–H groups in total. The molecule has 0 aromatic heterocycles. The minimum atomic E-state index is 1.20. The first-order chi connectivity index (χ1) is 6.89. The Morgan fingerprint density at radius 3 is 2.07 bits per heavy atom. The van der Waals surface area contributed by atoms with Crippen molar-refractivity contribution in [2.24, 2.45) is 0 Å². The summed E-state index contributed by atoms with van der Waals surface area (Å²) < 4.78 is 0. The third-order valence-electron chi connectivity index (χ3n) is 2.97. The second-order valence-corrected chi connectivity index (χ2v) is 4.43. The molecule has 14 heavy (non-hydrogen) atoms. The Hall–Kier alpha value is -0.520. The normalized spacial score (nSPS) is 24.4. The zero-order chi connectivity index (χ0) is 10.1. The lowest BCUT2D eigenvalue weighted by Crippen LogP contribution is -1.81. The molecule has 0 fully saturated rings. The van der Waals surface area contributed by atoms with E-state index in [0.717, 1.165) is 0 Å². The van der Waals surface area contributed by atoms with Gasteiger partial charge in [0.25, 0.3) is 0 Å². The van der Waals surface area contributed by atoms with E-state index < -0.39 is 0 Å². The maximum atomic E-state index is 4.08. The SMILES string of the molecule is C=C1/C=C/CCCCCCCCCC1. The summed E-state index contributed by atoms with van der Waals surface area (Å²) in [5.41, 5.74) is 1.32. The van der Waals surface area contributed by atoms with E-state index in [0.29, 0.717) is 0 Å². The second-order valence-electron chi connectivity index (χ2n) is 4.43. The molecule has 1 rings (SSSR count). The van der Waals surface area contributed by atoms with Gasteiger partial charge in [-0.05, 0) is 25.7 Å². The predicted octanol–water partition coefficient (Wildman–Crippen LogP) is 5.01. The van der Waals surface area contributed by atoms with Gasteiger partial charge in [0, 0.05) is 0 Å². The van der Waals surface area contributed by atoms with Crippen LogP contribution in [0.2, 0.25) is 0 Å². The van der Waals surface area contributed by atoms with E-state index >= 15 is 0 Å². The smallest absolute Gasteiger partial charge is 0.0285 e. The first-order valence-corrected chi connectivity index (χ1v) is 6.24. The largest absolute Gasteiger partial charge is 0.0958 e. The fraction of sp³-hybridized carbons (Fsp3) is 0.714. The molecule has 0 spiro atoms. The van der Waals surface area contributed by atoms with Crippen LogP contribution < -0.4 is 0 Å². The summed E-state index contributed by atoms with van der Waals surface area (Å²) in [5.74, 6) is 0. The summed E-state index contributed by atoms with van der Waals surface area (Å²) in [4.78, 5) is 0. The van der Waals surface area contributed by atoms with Crippen molar-refractivity contribution >= 4 is 0 Å². The summed E-state index contributed by atoms with van der Waals surface area (Å²) in [5, 5.41) is 0. The molecule has 0 amide bonds. The average Bonchev–Trinajstić information content (AvgIpc) is 2.20. The van der Waals surface area contributed by atoms with E-state index in [4.69, 9.17) is 0 Å².